The SMILES string of the molecule is Nc1n[nH]nc1C(=O)NCc1ccncc1. The van der Waals surface area contributed by atoms with E-state index in [1.165, 1.54) is 0 Å². The van der Waals surface area contributed by atoms with Crippen molar-refractivity contribution < 1.29 is 4.79 Å². The molecule has 2 aromatic rings. The molecule has 7 heteroatoms. The summed E-state index contributed by atoms with van der Waals surface area (Å²) in [5.74, 6) is -0.268. The highest BCUT2D eigenvalue weighted by Gasteiger charge is 2.13. The Labute approximate surface area is 91.1 Å². The van der Waals surface area contributed by atoms with Crippen molar-refractivity contribution in [3.63, 3.8) is 0 Å². The van der Waals surface area contributed by atoms with Crippen LogP contribution in [0.1, 0.15) is 16.1 Å². The molecule has 4 N–H and O–H groups in total. The number of hydrogen-bond acceptors (Lipinski definition) is 5. The third-order valence-electron chi connectivity index (χ3n) is 1.99. The first-order valence-corrected chi connectivity index (χ1v) is 4.60. The third kappa shape index (κ3) is 2.14. The van der Waals surface area contributed by atoms with Gasteiger partial charge in [0.1, 0.15) is 0 Å². The van der Waals surface area contributed by atoms with Crippen LogP contribution in [-0.2, 0) is 6.54 Å². The lowest BCUT2D eigenvalue weighted by Gasteiger charge is -2.02. The van der Waals surface area contributed by atoms with Gasteiger partial charge in [-0.1, -0.05) is 0 Å². The fourth-order valence-electron chi connectivity index (χ4n) is 1.17. The van der Waals surface area contributed by atoms with Crippen molar-refractivity contribution in [1.29, 1.82) is 0 Å². The number of anilines is 1. The third-order valence-corrected chi connectivity index (χ3v) is 1.99. The summed E-state index contributed by atoms with van der Waals surface area (Å²) in [7, 11) is 0. The topological polar surface area (TPSA) is 110 Å². The van der Waals surface area contributed by atoms with Gasteiger partial charge in [-0.3, -0.25) is 9.78 Å². The van der Waals surface area contributed by atoms with Crippen LogP contribution in [0.2, 0.25) is 0 Å². The summed E-state index contributed by atoms with van der Waals surface area (Å²) in [4.78, 5) is 15.4. The van der Waals surface area contributed by atoms with Gasteiger partial charge in [-0.25, -0.2) is 0 Å². The van der Waals surface area contributed by atoms with Crippen LogP contribution in [0, 0.1) is 0 Å². The van der Waals surface area contributed by atoms with Gasteiger partial charge in [0.2, 0.25) is 0 Å². The number of hydrogen-bond donors (Lipinski definition) is 3. The van der Waals surface area contributed by atoms with E-state index >= 15 is 0 Å². The summed E-state index contributed by atoms with van der Waals surface area (Å²) in [6, 6.07) is 3.62. The van der Waals surface area contributed by atoms with E-state index in [0.717, 1.165) is 5.56 Å². The molecule has 82 valence electrons. The molecule has 16 heavy (non-hydrogen) atoms. The van der Waals surface area contributed by atoms with Crippen LogP contribution >= 0.6 is 0 Å². The first-order valence-electron chi connectivity index (χ1n) is 4.60. The molecule has 0 aliphatic carbocycles. The number of carbonyl (C=O) groups excluding carboxylic acids is 1. The second-order valence-corrected chi connectivity index (χ2v) is 3.10. The van der Waals surface area contributed by atoms with Crippen molar-refractivity contribution in [1.82, 2.24) is 25.7 Å². The van der Waals surface area contributed by atoms with Crippen molar-refractivity contribution in [2.24, 2.45) is 0 Å². The average Bonchev–Trinajstić information content (AvgIpc) is 2.74. The highest BCUT2D eigenvalue weighted by molar-refractivity contribution is 5.96. The lowest BCUT2D eigenvalue weighted by atomic mass is 10.2. The number of H-pyrrole nitrogens is 1. The van der Waals surface area contributed by atoms with Crippen molar-refractivity contribution in [2.75, 3.05) is 5.73 Å². The molecule has 1 amide bonds. The molecule has 0 saturated carbocycles. The largest absolute Gasteiger partial charge is 0.380 e. The summed E-state index contributed by atoms with van der Waals surface area (Å²) in [5, 5.41) is 12.2. The van der Waals surface area contributed by atoms with E-state index in [1.807, 2.05) is 12.1 Å². The van der Waals surface area contributed by atoms with Crippen LogP contribution in [0.25, 0.3) is 0 Å². The molecule has 0 aliphatic rings. The molecule has 7 nitrogen and oxygen atoms in total. The molecule has 0 radical (unpaired) electrons. The Hall–Kier alpha value is -2.44. The van der Waals surface area contributed by atoms with Crippen LogP contribution in [0.15, 0.2) is 24.5 Å². The Balaban J connectivity index is 1.97. The molecule has 2 rings (SSSR count). The zero-order valence-corrected chi connectivity index (χ0v) is 8.34. The monoisotopic (exact) mass is 218 g/mol. The summed E-state index contributed by atoms with van der Waals surface area (Å²) in [5.41, 5.74) is 6.49. The van der Waals surface area contributed by atoms with Crippen LogP contribution in [-0.4, -0.2) is 26.3 Å². The van der Waals surface area contributed by atoms with Crippen LogP contribution in [0.5, 0.6) is 0 Å². The van der Waals surface area contributed by atoms with Crippen LogP contribution in [0.3, 0.4) is 0 Å². The van der Waals surface area contributed by atoms with Crippen molar-refractivity contribution >= 4 is 11.7 Å². The minimum Gasteiger partial charge on any atom is -0.380 e. The number of nitrogens with two attached hydrogens (primary N) is 1. The molecule has 0 atom stereocenters. The zero-order chi connectivity index (χ0) is 11.4. The van der Waals surface area contributed by atoms with Crippen LogP contribution < -0.4 is 11.1 Å². The molecule has 2 heterocycles. The predicted molar refractivity (Wildman–Crippen MR) is 56.2 cm³/mol. The summed E-state index contributed by atoms with van der Waals surface area (Å²) >= 11 is 0. The fourth-order valence-corrected chi connectivity index (χ4v) is 1.17. The quantitative estimate of drug-likeness (QED) is 0.655. The van der Waals surface area contributed by atoms with Gasteiger partial charge in [0, 0.05) is 18.9 Å². The number of nitrogen functional groups attached to an aromatic ring is 1. The van der Waals surface area contributed by atoms with E-state index in [1.54, 1.807) is 12.4 Å². The lowest BCUT2D eigenvalue weighted by molar-refractivity contribution is 0.0947. The van der Waals surface area contributed by atoms with Gasteiger partial charge in [0.05, 0.1) is 0 Å². The molecule has 2 aromatic heterocycles. The first kappa shape index (κ1) is 10.1. The Morgan fingerprint density at radius 2 is 2.12 bits per heavy atom. The molecule has 0 fully saturated rings. The lowest BCUT2D eigenvalue weighted by Crippen LogP contribution is -2.24. The number of rotatable bonds is 3. The molecule has 0 aliphatic heterocycles. The summed E-state index contributed by atoms with van der Waals surface area (Å²) < 4.78 is 0. The molecule has 0 bridgehead atoms. The molecule has 0 spiro atoms. The zero-order valence-electron chi connectivity index (χ0n) is 8.34. The molecular weight excluding hydrogens is 208 g/mol. The van der Waals surface area contributed by atoms with Crippen molar-refractivity contribution in [2.45, 2.75) is 6.54 Å². The Kier molecular flexibility index (Phi) is 2.77. The molecule has 0 saturated heterocycles. The standard InChI is InChI=1S/C9H10N6O/c10-8-7(13-15-14-8)9(16)12-5-6-1-3-11-4-2-6/h1-4H,5H2,(H,12,16)(H3,10,13,14,15). The van der Waals surface area contributed by atoms with Gasteiger partial charge in [-0.15, -0.1) is 10.2 Å². The number of nitrogens with one attached hydrogen (secondary N) is 2. The van der Waals surface area contributed by atoms with Gasteiger partial charge in [-0.2, -0.15) is 5.21 Å². The number of aromatic amines is 1. The highest BCUT2D eigenvalue weighted by Crippen LogP contribution is 2.02. The maximum absolute atomic E-state index is 11.6. The second-order valence-electron chi connectivity index (χ2n) is 3.10. The Morgan fingerprint density at radius 1 is 1.38 bits per heavy atom. The minimum absolute atomic E-state index is 0.0900. The van der Waals surface area contributed by atoms with E-state index in [2.05, 4.69) is 25.7 Å². The normalized spacial score (nSPS) is 10.0. The summed E-state index contributed by atoms with van der Waals surface area (Å²) in [6.45, 7) is 0.396. The second kappa shape index (κ2) is 4.39. The summed E-state index contributed by atoms with van der Waals surface area (Å²) in [6.07, 6.45) is 3.32. The van der Waals surface area contributed by atoms with E-state index in [9.17, 15) is 4.79 Å². The van der Waals surface area contributed by atoms with Gasteiger partial charge < -0.3 is 11.1 Å². The van der Waals surface area contributed by atoms with E-state index in [-0.39, 0.29) is 17.4 Å². The number of nitrogens with zero attached hydrogens (tertiary/aromatic N) is 3. The average molecular weight is 218 g/mol. The first-order chi connectivity index (χ1) is 7.77. The van der Waals surface area contributed by atoms with Gasteiger partial charge in [0.15, 0.2) is 11.5 Å². The number of aromatic nitrogens is 4. The number of pyridine rings is 1. The van der Waals surface area contributed by atoms with Gasteiger partial charge in [-0.05, 0) is 17.7 Å². The van der Waals surface area contributed by atoms with E-state index in [4.69, 9.17) is 5.73 Å². The highest BCUT2D eigenvalue weighted by atomic mass is 16.2. The number of carbonyl (C=O) groups is 1. The minimum atomic E-state index is -0.358. The molecular formula is C9H10N6O. The van der Waals surface area contributed by atoms with Gasteiger partial charge >= 0.3 is 0 Å². The maximum atomic E-state index is 11.6. The number of amides is 1. The van der Waals surface area contributed by atoms with E-state index in [0.29, 0.717) is 6.54 Å². The Morgan fingerprint density at radius 3 is 2.75 bits per heavy atom. The van der Waals surface area contributed by atoms with Crippen LogP contribution in [0.4, 0.5) is 5.82 Å². The fraction of sp³-hybridized carbons (Fsp3) is 0.111. The van der Waals surface area contributed by atoms with Crippen molar-refractivity contribution in [3.05, 3.63) is 35.8 Å². The Bertz CT molecular complexity index is 480. The molecule has 0 unspecified atom stereocenters. The van der Waals surface area contributed by atoms with E-state index < -0.39 is 0 Å². The predicted octanol–water partition coefficient (Wildman–Crippen LogP) is -0.288. The van der Waals surface area contributed by atoms with Gasteiger partial charge in [0.25, 0.3) is 5.91 Å². The van der Waals surface area contributed by atoms with Crippen molar-refractivity contribution in [3.8, 4) is 0 Å². The smallest absolute Gasteiger partial charge is 0.275 e. The molecule has 0 aromatic carbocycles. The maximum Gasteiger partial charge on any atom is 0.275 e.